The van der Waals surface area contributed by atoms with Crippen molar-refractivity contribution in [3.05, 3.63) is 22.8 Å². The summed E-state index contributed by atoms with van der Waals surface area (Å²) >= 11 is 0. The molecule has 5 heteroatoms. The van der Waals surface area contributed by atoms with E-state index in [0.29, 0.717) is 5.69 Å². The molecule has 0 fully saturated rings. The first kappa shape index (κ1) is 14.4. The third-order valence-electron chi connectivity index (χ3n) is 2.96. The summed E-state index contributed by atoms with van der Waals surface area (Å²) in [4.78, 5) is 15.2. The lowest BCUT2D eigenvalue weighted by Gasteiger charge is -2.17. The highest BCUT2D eigenvalue weighted by molar-refractivity contribution is 5.83. The maximum atomic E-state index is 13.9. The minimum absolute atomic E-state index is 0.0550. The van der Waals surface area contributed by atoms with Gasteiger partial charge in [0.25, 0.3) is 0 Å². The zero-order chi connectivity index (χ0) is 14.1. The second kappa shape index (κ2) is 4.92. The van der Waals surface area contributed by atoms with Crippen molar-refractivity contribution in [1.82, 2.24) is 4.98 Å². The summed E-state index contributed by atoms with van der Waals surface area (Å²) in [6, 6.07) is 0. The van der Waals surface area contributed by atoms with Crippen LogP contribution >= 0.6 is 0 Å². The molecule has 1 aliphatic rings. The number of ether oxygens (including phenoxy) is 1. The Morgan fingerprint density at radius 3 is 2.44 bits per heavy atom. The zero-order valence-electron chi connectivity index (χ0n) is 11.3. The van der Waals surface area contributed by atoms with E-state index in [4.69, 9.17) is 9.84 Å². The van der Waals surface area contributed by atoms with Gasteiger partial charge in [-0.15, -0.1) is 0 Å². The quantitative estimate of drug-likeness (QED) is 0.838. The van der Waals surface area contributed by atoms with E-state index >= 15 is 0 Å². The largest absolute Gasteiger partial charge is 0.490 e. The summed E-state index contributed by atoms with van der Waals surface area (Å²) < 4.78 is 19.2. The number of nitrogens with zero attached hydrogens (tertiary/aromatic N) is 1. The van der Waals surface area contributed by atoms with Gasteiger partial charge < -0.3 is 9.84 Å². The van der Waals surface area contributed by atoms with E-state index in [1.165, 1.54) is 13.8 Å². The summed E-state index contributed by atoms with van der Waals surface area (Å²) in [7, 11) is 0. The van der Waals surface area contributed by atoms with Crippen molar-refractivity contribution in [2.45, 2.75) is 40.0 Å². The Kier molecular flexibility index (Phi) is 3.94. The van der Waals surface area contributed by atoms with E-state index in [9.17, 15) is 9.18 Å². The van der Waals surface area contributed by atoms with Gasteiger partial charge >= 0.3 is 5.97 Å². The van der Waals surface area contributed by atoms with Gasteiger partial charge in [-0.05, 0) is 20.8 Å². The maximum absolute atomic E-state index is 13.9. The van der Waals surface area contributed by atoms with Crippen molar-refractivity contribution < 1.29 is 19.0 Å². The van der Waals surface area contributed by atoms with E-state index in [-0.39, 0.29) is 23.6 Å². The van der Waals surface area contributed by atoms with Crippen molar-refractivity contribution >= 4 is 5.97 Å². The normalized spacial score (nSPS) is 20.6. The summed E-state index contributed by atoms with van der Waals surface area (Å²) in [5.74, 6) is -1.40. The Morgan fingerprint density at radius 2 is 1.94 bits per heavy atom. The molecule has 1 aromatic heterocycles. The van der Waals surface area contributed by atoms with Crippen molar-refractivity contribution in [3.63, 3.8) is 0 Å². The second-order valence-electron chi connectivity index (χ2n) is 4.23. The molecular weight excluding hydrogens is 237 g/mol. The maximum Gasteiger partial charge on any atom is 0.317 e. The van der Waals surface area contributed by atoms with E-state index in [0.717, 1.165) is 0 Å². The number of hydrogen-bond acceptors (Lipinski definition) is 3. The molecule has 0 saturated carbocycles. The summed E-state index contributed by atoms with van der Waals surface area (Å²) in [6.07, 6.45) is 0. The predicted octanol–water partition coefficient (Wildman–Crippen LogP) is 2.60. The summed E-state index contributed by atoms with van der Waals surface area (Å²) in [6.45, 7) is 8.60. The minimum Gasteiger partial charge on any atom is -0.490 e. The van der Waals surface area contributed by atoms with Gasteiger partial charge in [-0.1, -0.05) is 13.8 Å². The van der Waals surface area contributed by atoms with Gasteiger partial charge in [0.1, 0.15) is 17.8 Å². The molecule has 1 N–H and O–H groups in total. The highest BCUT2D eigenvalue weighted by Crippen LogP contribution is 2.42. The molecule has 0 amide bonds. The van der Waals surface area contributed by atoms with Crippen LogP contribution in [-0.2, 0) is 10.2 Å². The fourth-order valence-electron chi connectivity index (χ4n) is 1.94. The minimum atomic E-state index is -1.32. The number of halogens is 1. The lowest BCUT2D eigenvalue weighted by atomic mass is 9.84. The van der Waals surface area contributed by atoms with Crippen molar-refractivity contribution in [2.24, 2.45) is 0 Å². The fraction of sp³-hybridized carbons (Fsp3) is 0.538. The Morgan fingerprint density at radius 1 is 1.39 bits per heavy atom. The van der Waals surface area contributed by atoms with Gasteiger partial charge in [0.15, 0.2) is 5.82 Å². The second-order valence-corrected chi connectivity index (χ2v) is 4.23. The van der Waals surface area contributed by atoms with Crippen molar-refractivity contribution in [1.29, 1.82) is 0 Å². The molecule has 100 valence electrons. The van der Waals surface area contributed by atoms with Crippen LogP contribution in [0.5, 0.6) is 5.75 Å². The fourth-order valence-corrected chi connectivity index (χ4v) is 1.94. The first-order chi connectivity index (χ1) is 8.38. The smallest absolute Gasteiger partial charge is 0.317 e. The Bertz CT molecular complexity index is 488. The number of hydrogen-bond donors (Lipinski definition) is 1. The van der Waals surface area contributed by atoms with Crippen LogP contribution in [-0.4, -0.2) is 22.7 Å². The molecule has 1 aliphatic heterocycles. The SMILES string of the molecule is CC.Cc1nc(C)c2c(c1F)C(C)(C(=O)O)CO2. The Balaban J connectivity index is 0.000000771. The predicted molar refractivity (Wildman–Crippen MR) is 65.5 cm³/mol. The third-order valence-corrected chi connectivity index (χ3v) is 2.96. The molecule has 1 atom stereocenters. The molecule has 0 bridgehead atoms. The molecule has 2 rings (SSSR count). The highest BCUT2D eigenvalue weighted by Gasteiger charge is 2.47. The molecule has 1 aromatic rings. The molecule has 0 aromatic carbocycles. The first-order valence-electron chi connectivity index (χ1n) is 5.91. The van der Waals surface area contributed by atoms with Crippen LogP contribution in [0.3, 0.4) is 0 Å². The molecule has 0 spiro atoms. The van der Waals surface area contributed by atoms with Crippen LogP contribution in [0.25, 0.3) is 0 Å². The molecule has 18 heavy (non-hydrogen) atoms. The summed E-state index contributed by atoms with van der Waals surface area (Å²) in [5, 5.41) is 9.16. The van der Waals surface area contributed by atoms with Crippen LogP contribution < -0.4 is 4.74 Å². The van der Waals surface area contributed by atoms with E-state index < -0.39 is 17.2 Å². The lowest BCUT2D eigenvalue weighted by molar-refractivity contribution is -0.143. The lowest BCUT2D eigenvalue weighted by Crippen LogP contribution is -2.34. The number of fused-ring (bicyclic) bond motifs is 1. The van der Waals surface area contributed by atoms with Crippen LogP contribution in [0.15, 0.2) is 0 Å². The number of carboxylic acids is 1. The zero-order valence-corrected chi connectivity index (χ0v) is 11.3. The average Bonchev–Trinajstić information content (AvgIpc) is 2.69. The van der Waals surface area contributed by atoms with Gasteiger partial charge in [-0.25, -0.2) is 4.39 Å². The van der Waals surface area contributed by atoms with Gasteiger partial charge in [0.05, 0.1) is 17.0 Å². The van der Waals surface area contributed by atoms with Crippen molar-refractivity contribution in [3.8, 4) is 5.75 Å². The number of aromatic nitrogens is 1. The van der Waals surface area contributed by atoms with Crippen LogP contribution in [0.2, 0.25) is 0 Å². The summed E-state index contributed by atoms with van der Waals surface area (Å²) in [5.41, 5.74) is -0.476. The molecule has 0 aliphatic carbocycles. The van der Waals surface area contributed by atoms with Gasteiger partial charge in [0.2, 0.25) is 0 Å². The van der Waals surface area contributed by atoms with Gasteiger partial charge in [-0.3, -0.25) is 9.78 Å². The highest BCUT2D eigenvalue weighted by atomic mass is 19.1. The van der Waals surface area contributed by atoms with E-state index in [1.54, 1.807) is 6.92 Å². The molecular formula is C13H18FNO3. The van der Waals surface area contributed by atoms with Gasteiger partial charge in [-0.2, -0.15) is 0 Å². The van der Waals surface area contributed by atoms with E-state index in [2.05, 4.69) is 4.98 Å². The Hall–Kier alpha value is -1.65. The number of rotatable bonds is 1. The standard InChI is InChI=1S/C11H12FNO3.C2H6/c1-5-8(12)7-9(6(2)13-5)16-4-11(7,3)10(14)15;1-2/h4H2,1-3H3,(H,14,15);1-2H3. The number of carbonyl (C=O) groups is 1. The van der Waals surface area contributed by atoms with Gasteiger partial charge in [0, 0.05) is 0 Å². The first-order valence-corrected chi connectivity index (χ1v) is 5.91. The van der Waals surface area contributed by atoms with Crippen LogP contribution in [0, 0.1) is 19.7 Å². The molecule has 1 unspecified atom stereocenters. The molecule has 4 nitrogen and oxygen atoms in total. The molecule has 2 heterocycles. The Labute approximate surface area is 106 Å². The van der Waals surface area contributed by atoms with Crippen LogP contribution in [0.1, 0.15) is 37.7 Å². The average molecular weight is 255 g/mol. The number of carboxylic acid groups (broad SMARTS) is 1. The van der Waals surface area contributed by atoms with Crippen molar-refractivity contribution in [2.75, 3.05) is 6.61 Å². The molecule has 0 radical (unpaired) electrons. The number of aryl methyl sites for hydroxylation is 2. The number of pyridine rings is 1. The monoisotopic (exact) mass is 255 g/mol. The van der Waals surface area contributed by atoms with Crippen LogP contribution in [0.4, 0.5) is 4.39 Å². The molecule has 0 saturated heterocycles. The topological polar surface area (TPSA) is 59.4 Å². The van der Waals surface area contributed by atoms with E-state index in [1.807, 2.05) is 13.8 Å². The third kappa shape index (κ3) is 1.94. The number of aliphatic carboxylic acids is 1.